The van der Waals surface area contributed by atoms with Crippen molar-refractivity contribution in [2.45, 2.75) is 6.61 Å². The number of carbonyl (C=O) groups is 1. The van der Waals surface area contributed by atoms with Crippen molar-refractivity contribution in [3.63, 3.8) is 0 Å². The lowest BCUT2D eigenvalue weighted by Crippen LogP contribution is -2.07. The highest BCUT2D eigenvalue weighted by Gasteiger charge is 2.27. The summed E-state index contributed by atoms with van der Waals surface area (Å²) in [6, 6.07) is 26.5. The van der Waals surface area contributed by atoms with E-state index in [0.717, 1.165) is 27.5 Å². The van der Waals surface area contributed by atoms with Crippen LogP contribution < -0.4 is 4.74 Å². The standard InChI is InChI=1S/C27H17Cl2NO3/c28-22-11-9-17(10-12-22)26-23(27(31)33-30-26)14-21-13-18-5-1-2-6-19(18)15-25(21)32-16-20-7-3-4-8-24(20)29/h1-15H,16H2/b23-14-. The fraction of sp³-hybridized carbons (Fsp3) is 0.0370. The van der Waals surface area contributed by atoms with Gasteiger partial charge in [0.1, 0.15) is 18.1 Å². The molecule has 1 aliphatic heterocycles. The number of benzene rings is 4. The molecule has 0 saturated carbocycles. The molecule has 0 unspecified atom stereocenters. The van der Waals surface area contributed by atoms with Crippen molar-refractivity contribution in [3.8, 4) is 5.75 Å². The highest BCUT2D eigenvalue weighted by Crippen LogP contribution is 2.31. The number of oxime groups is 1. The van der Waals surface area contributed by atoms with Crippen LogP contribution in [0.4, 0.5) is 0 Å². The highest BCUT2D eigenvalue weighted by molar-refractivity contribution is 6.33. The van der Waals surface area contributed by atoms with Gasteiger partial charge in [-0.3, -0.25) is 0 Å². The molecule has 0 N–H and O–H groups in total. The van der Waals surface area contributed by atoms with E-state index < -0.39 is 5.97 Å². The summed E-state index contributed by atoms with van der Waals surface area (Å²) in [6.45, 7) is 0.288. The summed E-state index contributed by atoms with van der Waals surface area (Å²) >= 11 is 12.3. The van der Waals surface area contributed by atoms with Crippen molar-refractivity contribution in [2.75, 3.05) is 0 Å². The van der Waals surface area contributed by atoms with E-state index in [0.29, 0.717) is 27.1 Å². The van der Waals surface area contributed by atoms with Crippen molar-refractivity contribution < 1.29 is 14.4 Å². The normalized spacial score (nSPS) is 14.4. The zero-order valence-electron chi connectivity index (χ0n) is 17.3. The number of hydrogen-bond donors (Lipinski definition) is 0. The summed E-state index contributed by atoms with van der Waals surface area (Å²) in [5.74, 6) is 0.0986. The zero-order valence-corrected chi connectivity index (χ0v) is 18.8. The molecule has 0 aliphatic carbocycles. The molecule has 0 radical (unpaired) electrons. The van der Waals surface area contributed by atoms with Gasteiger partial charge in [-0.2, -0.15) is 0 Å². The van der Waals surface area contributed by atoms with Crippen LogP contribution in [0.3, 0.4) is 0 Å². The summed E-state index contributed by atoms with van der Waals surface area (Å²) in [5, 5.41) is 7.26. The molecule has 0 bridgehead atoms. The second-order valence-corrected chi connectivity index (χ2v) is 8.34. The van der Waals surface area contributed by atoms with Gasteiger partial charge in [-0.15, -0.1) is 0 Å². The minimum absolute atomic E-state index is 0.288. The molecule has 0 fully saturated rings. The lowest BCUT2D eigenvalue weighted by atomic mass is 9.99. The quantitative estimate of drug-likeness (QED) is 0.230. The molecule has 0 atom stereocenters. The van der Waals surface area contributed by atoms with Crippen molar-refractivity contribution in [3.05, 3.63) is 117 Å². The molecule has 0 aromatic heterocycles. The first-order valence-corrected chi connectivity index (χ1v) is 11.0. The average Bonchev–Trinajstić information content (AvgIpc) is 3.19. The van der Waals surface area contributed by atoms with Crippen molar-refractivity contribution in [1.29, 1.82) is 0 Å². The zero-order chi connectivity index (χ0) is 22.8. The molecule has 5 rings (SSSR count). The van der Waals surface area contributed by atoms with Gasteiger partial charge in [-0.05, 0) is 47.2 Å². The van der Waals surface area contributed by atoms with Gasteiger partial charge in [0.05, 0.1) is 5.57 Å². The summed E-state index contributed by atoms with van der Waals surface area (Å²) in [4.78, 5) is 17.5. The van der Waals surface area contributed by atoms with Crippen molar-refractivity contribution in [1.82, 2.24) is 0 Å². The van der Waals surface area contributed by atoms with E-state index in [9.17, 15) is 4.79 Å². The lowest BCUT2D eigenvalue weighted by Gasteiger charge is -2.13. The fourth-order valence-electron chi connectivity index (χ4n) is 3.63. The van der Waals surface area contributed by atoms with E-state index in [1.54, 1.807) is 30.3 Å². The second kappa shape index (κ2) is 9.10. The van der Waals surface area contributed by atoms with E-state index in [4.69, 9.17) is 32.8 Å². The third-order valence-electron chi connectivity index (χ3n) is 5.33. The highest BCUT2D eigenvalue weighted by atomic mass is 35.5. The third kappa shape index (κ3) is 4.49. The van der Waals surface area contributed by atoms with Gasteiger partial charge in [0.15, 0.2) is 0 Å². The Morgan fingerprint density at radius 1 is 0.879 bits per heavy atom. The van der Waals surface area contributed by atoms with E-state index in [2.05, 4.69) is 5.16 Å². The number of carbonyl (C=O) groups excluding carboxylic acids is 1. The molecule has 0 spiro atoms. The molecule has 1 heterocycles. The lowest BCUT2D eigenvalue weighted by molar-refractivity contribution is -0.136. The molecular weight excluding hydrogens is 457 g/mol. The van der Waals surface area contributed by atoms with Crippen molar-refractivity contribution in [2.24, 2.45) is 5.16 Å². The van der Waals surface area contributed by atoms with Gasteiger partial charge < -0.3 is 9.57 Å². The Balaban J connectivity index is 1.57. The Kier molecular flexibility index (Phi) is 5.86. The number of rotatable bonds is 5. The van der Waals surface area contributed by atoms with Gasteiger partial charge in [0, 0.05) is 26.7 Å². The van der Waals surface area contributed by atoms with E-state index in [1.165, 1.54) is 0 Å². The Bertz CT molecular complexity index is 1430. The molecule has 162 valence electrons. The molecule has 0 amide bonds. The van der Waals surface area contributed by atoms with Crippen LogP contribution in [0.15, 0.2) is 95.7 Å². The van der Waals surface area contributed by atoms with Gasteiger partial charge in [0.25, 0.3) is 0 Å². The first-order valence-electron chi connectivity index (χ1n) is 10.2. The van der Waals surface area contributed by atoms with Crippen LogP contribution in [0.25, 0.3) is 16.8 Å². The first-order chi connectivity index (χ1) is 16.1. The SMILES string of the molecule is O=C1ON=C(c2ccc(Cl)cc2)/C1=C/c1cc2ccccc2cc1OCc1ccccc1Cl. The van der Waals surface area contributed by atoms with Crippen LogP contribution in [-0.4, -0.2) is 11.7 Å². The molecule has 6 heteroatoms. The summed E-state index contributed by atoms with van der Waals surface area (Å²) in [6.07, 6.45) is 1.75. The largest absolute Gasteiger partial charge is 0.488 e. The summed E-state index contributed by atoms with van der Waals surface area (Å²) in [7, 11) is 0. The number of halogens is 2. The number of hydrogen-bond acceptors (Lipinski definition) is 4. The predicted octanol–water partition coefficient (Wildman–Crippen LogP) is 7.07. The fourth-order valence-corrected chi connectivity index (χ4v) is 3.94. The molecule has 4 nitrogen and oxygen atoms in total. The molecular formula is C27H17Cl2NO3. The Morgan fingerprint density at radius 3 is 2.33 bits per heavy atom. The molecule has 4 aromatic rings. The average molecular weight is 474 g/mol. The maximum atomic E-state index is 12.5. The number of fused-ring (bicyclic) bond motifs is 1. The van der Waals surface area contributed by atoms with Crippen LogP contribution in [-0.2, 0) is 16.2 Å². The Labute approximate surface area is 200 Å². The Morgan fingerprint density at radius 2 is 1.58 bits per heavy atom. The van der Waals surface area contributed by atoms with Gasteiger partial charge in [-0.1, -0.05) is 83.0 Å². The van der Waals surface area contributed by atoms with E-state index >= 15 is 0 Å². The number of ether oxygens (including phenoxy) is 1. The van der Waals surface area contributed by atoms with Crippen LogP contribution >= 0.6 is 23.2 Å². The smallest absolute Gasteiger partial charge is 0.368 e. The summed E-state index contributed by atoms with van der Waals surface area (Å²) < 4.78 is 6.18. The van der Waals surface area contributed by atoms with Gasteiger partial charge in [0.2, 0.25) is 0 Å². The first kappa shape index (κ1) is 21.3. The number of nitrogens with zero attached hydrogens (tertiary/aromatic N) is 1. The molecule has 1 aliphatic rings. The molecule has 33 heavy (non-hydrogen) atoms. The maximum absolute atomic E-state index is 12.5. The maximum Gasteiger partial charge on any atom is 0.368 e. The van der Waals surface area contributed by atoms with Gasteiger partial charge in [-0.25, -0.2) is 4.79 Å². The topological polar surface area (TPSA) is 47.9 Å². The Hall–Kier alpha value is -3.60. The van der Waals surface area contributed by atoms with Crippen LogP contribution in [0.5, 0.6) is 5.75 Å². The third-order valence-corrected chi connectivity index (χ3v) is 5.95. The predicted molar refractivity (Wildman–Crippen MR) is 132 cm³/mol. The minimum Gasteiger partial charge on any atom is -0.488 e. The molecule has 4 aromatic carbocycles. The molecule has 0 saturated heterocycles. The van der Waals surface area contributed by atoms with Crippen molar-refractivity contribution >= 4 is 51.7 Å². The van der Waals surface area contributed by atoms with Crippen LogP contribution in [0, 0.1) is 0 Å². The van der Waals surface area contributed by atoms with Crippen LogP contribution in [0.2, 0.25) is 10.0 Å². The summed E-state index contributed by atoms with van der Waals surface area (Å²) in [5.41, 5.74) is 3.12. The minimum atomic E-state index is -0.523. The van der Waals surface area contributed by atoms with E-state index in [-0.39, 0.29) is 6.61 Å². The van der Waals surface area contributed by atoms with Crippen LogP contribution in [0.1, 0.15) is 16.7 Å². The monoisotopic (exact) mass is 473 g/mol. The second-order valence-electron chi connectivity index (χ2n) is 7.50. The van der Waals surface area contributed by atoms with E-state index in [1.807, 2.05) is 60.7 Å². The van der Waals surface area contributed by atoms with Gasteiger partial charge >= 0.3 is 5.97 Å².